The molecule has 0 atom stereocenters. The second-order valence-corrected chi connectivity index (χ2v) is 5.93. The van der Waals surface area contributed by atoms with Crippen LogP contribution in [0.4, 0.5) is 17.1 Å². The van der Waals surface area contributed by atoms with E-state index in [2.05, 4.69) is 10.1 Å². The number of ether oxygens (including phenoxy) is 1. The minimum atomic E-state index is -0.509. The van der Waals surface area contributed by atoms with Crippen LogP contribution in [0.5, 0.6) is 0 Å². The largest absolute Gasteiger partial charge is 0.466 e. The monoisotopic (exact) mass is 369 g/mol. The van der Waals surface area contributed by atoms with Crippen LogP contribution in [-0.4, -0.2) is 38.1 Å². The molecule has 7 heteroatoms. The SMILES string of the molecule is COC(=O)/C=C/c1ccc(N(C)CCCNc2ccccc2)c([N+](=O)[O-])c1. The van der Waals surface area contributed by atoms with Gasteiger partial charge in [-0.1, -0.05) is 24.3 Å². The molecule has 0 amide bonds. The molecule has 0 spiro atoms. The summed E-state index contributed by atoms with van der Waals surface area (Å²) in [5.74, 6) is -0.509. The van der Waals surface area contributed by atoms with Crippen LogP contribution in [0.15, 0.2) is 54.6 Å². The summed E-state index contributed by atoms with van der Waals surface area (Å²) in [4.78, 5) is 24.1. The molecular formula is C20H23N3O4. The molecule has 1 N–H and O–H groups in total. The highest BCUT2D eigenvalue weighted by molar-refractivity contribution is 5.87. The molecule has 7 nitrogen and oxygen atoms in total. The number of nitro groups is 1. The maximum atomic E-state index is 11.4. The van der Waals surface area contributed by atoms with Crippen LogP contribution < -0.4 is 10.2 Å². The van der Waals surface area contributed by atoms with Crippen LogP contribution in [-0.2, 0) is 9.53 Å². The van der Waals surface area contributed by atoms with Crippen LogP contribution in [0, 0.1) is 10.1 Å². The number of carbonyl (C=O) groups excluding carboxylic acids is 1. The lowest BCUT2D eigenvalue weighted by Crippen LogP contribution is -2.21. The minimum Gasteiger partial charge on any atom is -0.466 e. The molecule has 0 fully saturated rings. The van der Waals surface area contributed by atoms with Gasteiger partial charge in [0.2, 0.25) is 0 Å². The number of benzene rings is 2. The van der Waals surface area contributed by atoms with E-state index in [4.69, 9.17) is 0 Å². The van der Waals surface area contributed by atoms with Crippen molar-refractivity contribution in [3.63, 3.8) is 0 Å². The van der Waals surface area contributed by atoms with Gasteiger partial charge in [0.25, 0.3) is 5.69 Å². The molecule has 2 rings (SSSR count). The van der Waals surface area contributed by atoms with Gasteiger partial charge in [0.05, 0.1) is 12.0 Å². The molecular weight excluding hydrogens is 346 g/mol. The smallest absolute Gasteiger partial charge is 0.330 e. The Hall–Kier alpha value is -3.35. The number of nitrogens with one attached hydrogen (secondary N) is 1. The summed E-state index contributed by atoms with van der Waals surface area (Å²) in [6.07, 6.45) is 3.55. The lowest BCUT2D eigenvalue weighted by Gasteiger charge is -2.19. The Kier molecular flexibility index (Phi) is 7.37. The van der Waals surface area contributed by atoms with Gasteiger partial charge in [-0.05, 0) is 36.3 Å². The van der Waals surface area contributed by atoms with E-state index in [9.17, 15) is 14.9 Å². The highest BCUT2D eigenvalue weighted by Gasteiger charge is 2.17. The number of anilines is 2. The average Bonchev–Trinajstić information content (AvgIpc) is 2.69. The van der Waals surface area contributed by atoms with E-state index >= 15 is 0 Å². The van der Waals surface area contributed by atoms with Crippen molar-refractivity contribution in [2.75, 3.05) is 37.5 Å². The van der Waals surface area contributed by atoms with Gasteiger partial charge in [-0.2, -0.15) is 0 Å². The Morgan fingerprint density at radius 1 is 1.26 bits per heavy atom. The van der Waals surface area contributed by atoms with Gasteiger partial charge in [-0.25, -0.2) is 4.79 Å². The molecule has 0 saturated heterocycles. The number of methoxy groups -OCH3 is 1. The molecule has 0 aromatic heterocycles. The molecule has 0 aliphatic carbocycles. The minimum absolute atomic E-state index is 0.000495. The topological polar surface area (TPSA) is 84.7 Å². The van der Waals surface area contributed by atoms with Crippen molar-refractivity contribution in [2.45, 2.75) is 6.42 Å². The third kappa shape index (κ3) is 6.14. The normalized spacial score (nSPS) is 10.6. The van der Waals surface area contributed by atoms with Gasteiger partial charge in [0, 0.05) is 38.0 Å². The zero-order valence-electron chi connectivity index (χ0n) is 15.4. The Labute approximate surface area is 158 Å². The quantitative estimate of drug-likeness (QED) is 0.238. The molecule has 2 aromatic carbocycles. The summed E-state index contributed by atoms with van der Waals surface area (Å²) in [5, 5.41) is 14.8. The van der Waals surface area contributed by atoms with Crippen molar-refractivity contribution in [3.05, 3.63) is 70.3 Å². The Balaban J connectivity index is 1.99. The molecule has 2 aromatic rings. The first-order valence-electron chi connectivity index (χ1n) is 8.56. The van der Waals surface area contributed by atoms with Gasteiger partial charge >= 0.3 is 5.97 Å². The first kappa shape index (κ1) is 20.0. The average molecular weight is 369 g/mol. The molecule has 0 heterocycles. The summed E-state index contributed by atoms with van der Waals surface area (Å²) >= 11 is 0. The van der Waals surface area contributed by atoms with E-state index < -0.39 is 10.9 Å². The highest BCUT2D eigenvalue weighted by Crippen LogP contribution is 2.29. The number of nitro benzene ring substituents is 1. The van der Waals surface area contributed by atoms with Crippen LogP contribution >= 0.6 is 0 Å². The fraction of sp³-hybridized carbons (Fsp3) is 0.250. The van der Waals surface area contributed by atoms with Crippen LogP contribution in [0.2, 0.25) is 0 Å². The fourth-order valence-corrected chi connectivity index (χ4v) is 2.57. The summed E-state index contributed by atoms with van der Waals surface area (Å²) < 4.78 is 4.52. The molecule has 0 aliphatic heterocycles. The van der Waals surface area contributed by atoms with Gasteiger partial charge in [0.1, 0.15) is 5.69 Å². The molecule has 0 saturated carbocycles. The lowest BCUT2D eigenvalue weighted by atomic mass is 10.1. The Morgan fingerprint density at radius 3 is 2.67 bits per heavy atom. The zero-order chi connectivity index (χ0) is 19.6. The summed E-state index contributed by atoms with van der Waals surface area (Å²) in [5.41, 5.74) is 2.15. The maximum Gasteiger partial charge on any atom is 0.330 e. The fourth-order valence-electron chi connectivity index (χ4n) is 2.57. The Bertz CT molecular complexity index is 806. The predicted octanol–water partition coefficient (Wildman–Crippen LogP) is 3.72. The standard InChI is InChI=1S/C20H23N3O4/c1-22(14-6-13-21-17-7-4-3-5-8-17)18-11-9-16(10-12-20(24)27-2)15-19(18)23(25)26/h3-5,7-12,15,21H,6,13-14H2,1-2H3/b12-10+. The first-order chi connectivity index (χ1) is 13.0. The van der Waals surface area contributed by atoms with E-state index in [1.165, 1.54) is 25.3 Å². The molecule has 142 valence electrons. The summed E-state index contributed by atoms with van der Waals surface area (Å²) in [7, 11) is 3.11. The number of carbonyl (C=O) groups is 1. The third-order valence-electron chi connectivity index (χ3n) is 3.99. The van der Waals surface area contributed by atoms with Gasteiger partial charge in [-0.3, -0.25) is 10.1 Å². The van der Waals surface area contributed by atoms with Crippen molar-refractivity contribution in [2.24, 2.45) is 0 Å². The van der Waals surface area contributed by atoms with Gasteiger partial charge < -0.3 is 15.0 Å². The molecule has 0 aliphatic rings. The maximum absolute atomic E-state index is 11.4. The van der Waals surface area contributed by atoms with Gasteiger partial charge in [0.15, 0.2) is 0 Å². The molecule has 0 bridgehead atoms. The number of esters is 1. The number of rotatable bonds is 9. The van der Waals surface area contributed by atoms with Crippen molar-refractivity contribution in [1.29, 1.82) is 0 Å². The van der Waals surface area contributed by atoms with E-state index in [1.807, 2.05) is 42.3 Å². The highest BCUT2D eigenvalue weighted by atomic mass is 16.6. The number of para-hydroxylation sites is 1. The first-order valence-corrected chi connectivity index (χ1v) is 8.56. The van der Waals surface area contributed by atoms with E-state index in [1.54, 1.807) is 12.1 Å². The van der Waals surface area contributed by atoms with Crippen molar-refractivity contribution < 1.29 is 14.5 Å². The number of hydrogen-bond donors (Lipinski definition) is 1. The molecule has 27 heavy (non-hydrogen) atoms. The third-order valence-corrected chi connectivity index (χ3v) is 3.99. The summed E-state index contributed by atoms with van der Waals surface area (Å²) in [6.45, 7) is 1.43. The number of nitrogens with zero attached hydrogens (tertiary/aromatic N) is 2. The van der Waals surface area contributed by atoms with Crippen LogP contribution in [0.1, 0.15) is 12.0 Å². The van der Waals surface area contributed by atoms with E-state index in [0.717, 1.165) is 18.7 Å². The second-order valence-electron chi connectivity index (χ2n) is 5.93. The van der Waals surface area contributed by atoms with Gasteiger partial charge in [-0.15, -0.1) is 0 Å². The van der Waals surface area contributed by atoms with Crippen molar-refractivity contribution in [1.82, 2.24) is 0 Å². The van der Waals surface area contributed by atoms with Crippen molar-refractivity contribution >= 4 is 29.1 Å². The lowest BCUT2D eigenvalue weighted by molar-refractivity contribution is -0.384. The van der Waals surface area contributed by atoms with Crippen LogP contribution in [0.25, 0.3) is 6.08 Å². The predicted molar refractivity (Wildman–Crippen MR) is 107 cm³/mol. The molecule has 0 unspecified atom stereocenters. The summed E-state index contributed by atoms with van der Waals surface area (Å²) in [6, 6.07) is 14.8. The van der Waals surface area contributed by atoms with E-state index in [0.29, 0.717) is 17.8 Å². The Morgan fingerprint density at radius 2 is 2.00 bits per heavy atom. The zero-order valence-corrected chi connectivity index (χ0v) is 15.4. The van der Waals surface area contributed by atoms with Crippen molar-refractivity contribution in [3.8, 4) is 0 Å². The molecule has 0 radical (unpaired) electrons. The number of hydrogen-bond acceptors (Lipinski definition) is 6. The second kappa shape index (κ2) is 9.96. The van der Waals surface area contributed by atoms with E-state index in [-0.39, 0.29) is 5.69 Å². The van der Waals surface area contributed by atoms with Crippen LogP contribution in [0.3, 0.4) is 0 Å².